The lowest BCUT2D eigenvalue weighted by Gasteiger charge is -2.18. The first-order valence-corrected chi connectivity index (χ1v) is 13.5. The number of hydrogen-bond acceptors (Lipinski definition) is 5. The Balaban J connectivity index is 2.56. The Kier molecular flexibility index (Phi) is 7.46. The fourth-order valence-electron chi connectivity index (χ4n) is 2.11. The molecule has 1 aromatic heterocycles. The molecule has 0 aliphatic carbocycles. The summed E-state index contributed by atoms with van der Waals surface area (Å²) in [6, 6.07) is 0. The molecule has 0 aromatic carbocycles. The van der Waals surface area contributed by atoms with Gasteiger partial charge in [0.15, 0.2) is 0 Å². The largest absolute Gasteiger partial charge is 0.121 e. The van der Waals surface area contributed by atoms with Crippen LogP contribution in [0.25, 0.3) is 0 Å². The topological polar surface area (TPSA) is 0 Å². The molecule has 24 heavy (non-hydrogen) atoms. The molecule has 2 heterocycles. The van der Waals surface area contributed by atoms with Crippen LogP contribution in [0.5, 0.6) is 0 Å². The summed E-state index contributed by atoms with van der Waals surface area (Å²) < 4.78 is 6.57. The maximum atomic E-state index is 2.32. The molecule has 2 rings (SSSR count). The van der Waals surface area contributed by atoms with E-state index in [1.54, 1.807) is 11.1 Å². The zero-order valence-electron chi connectivity index (χ0n) is 15.9. The monoisotopic (exact) mass is 436 g/mol. The van der Waals surface area contributed by atoms with Gasteiger partial charge in [0.2, 0.25) is 0 Å². The van der Waals surface area contributed by atoms with E-state index >= 15 is 0 Å². The average molecular weight is 437 g/mol. The third kappa shape index (κ3) is 5.53. The van der Waals surface area contributed by atoms with Gasteiger partial charge in [0, 0.05) is 20.6 Å². The zero-order valence-corrected chi connectivity index (χ0v) is 20.8. The summed E-state index contributed by atoms with van der Waals surface area (Å²) in [6.45, 7) is 18.4. The summed E-state index contributed by atoms with van der Waals surface area (Å²) in [7, 11) is 2.02. The first-order chi connectivity index (χ1) is 11.1. The van der Waals surface area contributed by atoms with Crippen LogP contribution in [0.1, 0.15) is 66.5 Å². The molecule has 1 aliphatic heterocycles. The minimum atomic E-state index is 0.249. The predicted molar refractivity (Wildman–Crippen MR) is 128 cm³/mol. The van der Waals surface area contributed by atoms with Gasteiger partial charge in [-0.2, -0.15) is 0 Å². The van der Waals surface area contributed by atoms with Gasteiger partial charge in [-0.15, -0.1) is 69.3 Å². The summed E-state index contributed by atoms with van der Waals surface area (Å²) in [6.07, 6.45) is 0. The van der Waals surface area contributed by atoms with Gasteiger partial charge in [-0.05, 0) is 11.5 Å². The molecule has 0 fully saturated rings. The van der Waals surface area contributed by atoms with Crippen LogP contribution in [0.4, 0.5) is 0 Å². The van der Waals surface area contributed by atoms with Gasteiger partial charge >= 0.3 is 0 Å². The van der Waals surface area contributed by atoms with Crippen LogP contribution in [0, 0.1) is 0 Å². The van der Waals surface area contributed by atoms with Crippen molar-refractivity contribution in [2.24, 2.45) is 0 Å². The molecule has 0 N–H and O–H groups in total. The van der Waals surface area contributed by atoms with Crippen LogP contribution >= 0.6 is 69.3 Å². The number of thioether (sulfide) groups is 4. The molecule has 1 aliphatic rings. The van der Waals surface area contributed by atoms with Crippen molar-refractivity contribution >= 4 is 77.7 Å². The lowest BCUT2D eigenvalue weighted by molar-refractivity contribution is 0.804. The molecule has 136 valence electrons. The molecule has 0 radical (unpaired) electrons. The van der Waals surface area contributed by atoms with Gasteiger partial charge in [0.25, 0.3) is 0 Å². The smallest absolute Gasteiger partial charge is 0.0714 e. The third-order valence-electron chi connectivity index (χ3n) is 2.79. The lowest BCUT2D eigenvalue weighted by atomic mass is 10.2. The first kappa shape index (κ1) is 21.4. The Morgan fingerprint density at radius 1 is 0.708 bits per heavy atom. The molecule has 0 bridgehead atoms. The molecule has 0 atom stereocenters. The van der Waals surface area contributed by atoms with Crippen molar-refractivity contribution in [3.63, 3.8) is 0 Å². The second kappa shape index (κ2) is 8.39. The van der Waals surface area contributed by atoms with Crippen molar-refractivity contribution < 1.29 is 0 Å². The first-order valence-electron chi connectivity index (χ1n) is 8.28. The molecular weight excluding hydrogens is 409 g/mol. The van der Waals surface area contributed by atoms with E-state index in [4.69, 9.17) is 0 Å². The average Bonchev–Trinajstić information content (AvgIpc) is 2.88. The Bertz CT molecular complexity index is 663. The standard InChI is InChI=1S/C18H28S6/c1-9-19-13-11-12(16(21-13)24-18(6,7)8)14(20-10-2)22-15(11)23-17(3,4)5/h9-10H2,1-8H3. The van der Waals surface area contributed by atoms with Gasteiger partial charge in [-0.3, -0.25) is 0 Å². The molecule has 0 saturated carbocycles. The van der Waals surface area contributed by atoms with E-state index in [0.29, 0.717) is 0 Å². The highest BCUT2D eigenvalue weighted by Gasteiger charge is 2.32. The number of rotatable bonds is 4. The minimum absolute atomic E-state index is 0.249. The Labute approximate surface area is 172 Å². The molecule has 0 nitrogen and oxygen atoms in total. The Morgan fingerprint density at radius 2 is 1.25 bits per heavy atom. The summed E-state index contributed by atoms with van der Waals surface area (Å²) in [4.78, 5) is 0. The maximum Gasteiger partial charge on any atom is 0.0714 e. The van der Waals surface area contributed by atoms with Gasteiger partial charge in [-0.25, -0.2) is 0 Å². The summed E-state index contributed by atoms with van der Waals surface area (Å²) in [5, 5.41) is 0. The highest BCUT2D eigenvalue weighted by atomic mass is 32.2. The quantitative estimate of drug-likeness (QED) is 0.349. The molecule has 0 amide bonds. The van der Waals surface area contributed by atoms with Gasteiger partial charge < -0.3 is 0 Å². The Hall–Kier alpha value is 1.06. The number of fused-ring (bicyclic) bond motifs is 1. The SMILES string of the molecule is CCSC1=S=C(SC(C)(C)C)c2c(SCC)sc(SC(C)(C)C)c21. The lowest BCUT2D eigenvalue weighted by Crippen LogP contribution is -2.11. The fourth-order valence-corrected chi connectivity index (χ4v) is 11.5. The van der Waals surface area contributed by atoms with E-state index in [1.807, 2.05) is 69.3 Å². The summed E-state index contributed by atoms with van der Waals surface area (Å²) >= 11 is 10.1. The van der Waals surface area contributed by atoms with E-state index in [-0.39, 0.29) is 9.49 Å². The third-order valence-corrected chi connectivity index (χ3v) is 10.1. The molecule has 1 aromatic rings. The van der Waals surface area contributed by atoms with E-state index in [9.17, 15) is 0 Å². The van der Waals surface area contributed by atoms with Gasteiger partial charge in [0.05, 0.1) is 16.8 Å². The molecule has 0 unspecified atom stereocenters. The van der Waals surface area contributed by atoms with Crippen molar-refractivity contribution in [2.45, 2.75) is 73.3 Å². The highest BCUT2D eigenvalue weighted by Crippen LogP contribution is 2.51. The molecule has 0 spiro atoms. The Morgan fingerprint density at radius 3 is 1.75 bits per heavy atom. The second-order valence-corrected chi connectivity index (χ2v) is 16.7. The van der Waals surface area contributed by atoms with Crippen molar-refractivity contribution in [3.05, 3.63) is 11.1 Å². The summed E-state index contributed by atoms with van der Waals surface area (Å²) in [5.41, 5.74) is 3.08. The minimum Gasteiger partial charge on any atom is -0.121 e. The summed E-state index contributed by atoms with van der Waals surface area (Å²) in [5.74, 6) is 2.28. The van der Waals surface area contributed by atoms with E-state index in [0.717, 1.165) is 11.5 Å². The van der Waals surface area contributed by atoms with Gasteiger partial charge in [-0.1, -0.05) is 55.4 Å². The number of hydrogen-bond donors (Lipinski definition) is 0. The van der Waals surface area contributed by atoms with Crippen LogP contribution < -0.4 is 0 Å². The van der Waals surface area contributed by atoms with E-state index in [2.05, 4.69) is 55.4 Å². The second-order valence-electron chi connectivity index (χ2n) is 7.40. The van der Waals surface area contributed by atoms with E-state index in [1.165, 1.54) is 16.8 Å². The van der Waals surface area contributed by atoms with Crippen LogP contribution in [0.3, 0.4) is 0 Å². The van der Waals surface area contributed by atoms with E-state index < -0.39 is 0 Å². The predicted octanol–water partition coefficient (Wildman–Crippen LogP) is 7.74. The van der Waals surface area contributed by atoms with Crippen LogP contribution in [-0.4, -0.2) is 29.4 Å². The highest BCUT2D eigenvalue weighted by molar-refractivity contribution is 8.35. The number of thiophene rings is 1. The van der Waals surface area contributed by atoms with Gasteiger partial charge in [0.1, 0.15) is 0 Å². The molecular formula is C18H28S6. The maximum absolute atomic E-state index is 2.32. The van der Waals surface area contributed by atoms with Crippen molar-refractivity contribution in [3.8, 4) is 0 Å². The fraction of sp³-hybridized carbons (Fsp3) is 0.667. The molecule has 6 heteroatoms. The van der Waals surface area contributed by atoms with Crippen molar-refractivity contribution in [2.75, 3.05) is 11.5 Å². The van der Waals surface area contributed by atoms with Crippen LogP contribution in [0.15, 0.2) is 8.42 Å². The van der Waals surface area contributed by atoms with Crippen LogP contribution in [-0.2, 0) is 0 Å². The molecule has 0 saturated heterocycles. The van der Waals surface area contributed by atoms with Crippen LogP contribution in [0.2, 0.25) is 0 Å². The normalized spacial score (nSPS) is 15.0. The van der Waals surface area contributed by atoms with Crippen molar-refractivity contribution in [1.82, 2.24) is 0 Å². The zero-order chi connectivity index (χ0) is 18.1. The van der Waals surface area contributed by atoms with Crippen molar-refractivity contribution in [1.29, 1.82) is 0 Å².